The van der Waals surface area contributed by atoms with Gasteiger partial charge in [0.25, 0.3) is 0 Å². The van der Waals surface area contributed by atoms with Crippen LogP contribution < -0.4 is 0 Å². The fraction of sp³-hybridized carbons (Fsp3) is 0.316. The van der Waals surface area contributed by atoms with Crippen LogP contribution in [0.4, 0.5) is 0 Å². The fourth-order valence-corrected chi connectivity index (χ4v) is 3.65. The van der Waals surface area contributed by atoms with E-state index >= 15 is 0 Å². The van der Waals surface area contributed by atoms with Gasteiger partial charge in [-0.25, -0.2) is 4.98 Å². The maximum Gasteiger partial charge on any atom is 0.137 e. The van der Waals surface area contributed by atoms with Gasteiger partial charge in [0, 0.05) is 36.4 Å². The molecule has 0 bridgehead atoms. The summed E-state index contributed by atoms with van der Waals surface area (Å²) in [7, 11) is 0. The number of nitrogens with zero attached hydrogens (tertiary/aromatic N) is 2. The van der Waals surface area contributed by atoms with Crippen molar-refractivity contribution in [3.63, 3.8) is 0 Å². The van der Waals surface area contributed by atoms with Crippen molar-refractivity contribution < 1.29 is 5.11 Å². The van der Waals surface area contributed by atoms with Gasteiger partial charge in [-0.1, -0.05) is 18.2 Å². The third kappa shape index (κ3) is 2.82. The van der Waals surface area contributed by atoms with E-state index in [0.29, 0.717) is 11.7 Å². The van der Waals surface area contributed by atoms with E-state index in [1.54, 1.807) is 6.07 Å². The Labute approximate surface area is 135 Å². The van der Waals surface area contributed by atoms with Gasteiger partial charge in [0.2, 0.25) is 0 Å². The Bertz CT molecular complexity index is 811. The van der Waals surface area contributed by atoms with Gasteiger partial charge in [0.05, 0.1) is 0 Å². The Morgan fingerprint density at radius 2 is 2.13 bits per heavy atom. The fourth-order valence-electron chi connectivity index (χ4n) is 3.65. The smallest absolute Gasteiger partial charge is 0.137 e. The van der Waals surface area contributed by atoms with E-state index in [-0.39, 0.29) is 0 Å². The summed E-state index contributed by atoms with van der Waals surface area (Å²) in [5.41, 5.74) is 3.35. The molecule has 3 heterocycles. The minimum atomic E-state index is 0.394. The highest BCUT2D eigenvalue weighted by Gasteiger charge is 2.24. The molecule has 1 unspecified atom stereocenters. The van der Waals surface area contributed by atoms with Gasteiger partial charge < -0.3 is 10.1 Å². The first-order chi connectivity index (χ1) is 11.3. The number of hydrogen-bond donors (Lipinski definition) is 2. The molecule has 1 saturated heterocycles. The summed E-state index contributed by atoms with van der Waals surface area (Å²) in [5.74, 6) is 0.915. The molecule has 118 valence electrons. The highest BCUT2D eigenvalue weighted by molar-refractivity contribution is 5.80. The van der Waals surface area contributed by atoms with E-state index in [1.165, 1.54) is 23.8 Å². The van der Waals surface area contributed by atoms with Crippen LogP contribution in [0.15, 0.2) is 48.8 Å². The lowest BCUT2D eigenvalue weighted by Gasteiger charge is -2.32. The number of pyridine rings is 1. The normalized spacial score (nSPS) is 19.2. The standard InChI is InChI=1S/C19H21N3O/c23-18-8-2-1-5-15(18)13-22-10-4-6-14(12-22)17-11-21-19-16(17)7-3-9-20-19/h1-3,5,7-9,11,14,23H,4,6,10,12-13H2,(H,20,21). The molecule has 4 nitrogen and oxygen atoms in total. The molecule has 2 aromatic heterocycles. The number of para-hydroxylation sites is 1. The molecule has 4 heteroatoms. The first kappa shape index (κ1) is 14.3. The lowest BCUT2D eigenvalue weighted by atomic mass is 9.90. The molecule has 0 saturated carbocycles. The molecule has 23 heavy (non-hydrogen) atoms. The second kappa shape index (κ2) is 6.05. The maximum atomic E-state index is 9.99. The predicted octanol–water partition coefficient (Wildman–Crippen LogP) is 3.65. The van der Waals surface area contributed by atoms with Crippen LogP contribution in [0.3, 0.4) is 0 Å². The summed E-state index contributed by atoms with van der Waals surface area (Å²) < 4.78 is 0. The van der Waals surface area contributed by atoms with E-state index in [2.05, 4.69) is 27.1 Å². The van der Waals surface area contributed by atoms with E-state index < -0.39 is 0 Å². The van der Waals surface area contributed by atoms with Crippen molar-refractivity contribution in [3.8, 4) is 5.75 Å². The van der Waals surface area contributed by atoms with Gasteiger partial charge in [0.1, 0.15) is 11.4 Å². The first-order valence-electron chi connectivity index (χ1n) is 8.22. The number of aromatic nitrogens is 2. The van der Waals surface area contributed by atoms with Crippen LogP contribution in [0.5, 0.6) is 5.75 Å². The number of benzene rings is 1. The number of H-pyrrole nitrogens is 1. The van der Waals surface area contributed by atoms with Crippen molar-refractivity contribution in [2.45, 2.75) is 25.3 Å². The summed E-state index contributed by atoms with van der Waals surface area (Å²) in [6, 6.07) is 11.8. The summed E-state index contributed by atoms with van der Waals surface area (Å²) in [5, 5.41) is 11.2. The van der Waals surface area contributed by atoms with Crippen molar-refractivity contribution in [2.75, 3.05) is 13.1 Å². The largest absolute Gasteiger partial charge is 0.508 e. The van der Waals surface area contributed by atoms with Crippen molar-refractivity contribution in [1.29, 1.82) is 0 Å². The molecule has 1 aliphatic heterocycles. The Kier molecular flexibility index (Phi) is 3.75. The third-order valence-corrected chi connectivity index (χ3v) is 4.81. The van der Waals surface area contributed by atoms with Crippen LogP contribution in [0.25, 0.3) is 11.0 Å². The number of likely N-dealkylation sites (tertiary alicyclic amines) is 1. The number of phenolic OH excluding ortho intramolecular Hbond substituents is 1. The molecule has 4 rings (SSSR count). The molecule has 0 aliphatic carbocycles. The van der Waals surface area contributed by atoms with Gasteiger partial charge in [-0.2, -0.15) is 0 Å². The Morgan fingerprint density at radius 3 is 3.04 bits per heavy atom. The molecule has 1 aromatic carbocycles. The van der Waals surface area contributed by atoms with E-state index in [9.17, 15) is 5.11 Å². The van der Waals surface area contributed by atoms with Gasteiger partial charge >= 0.3 is 0 Å². The average Bonchev–Trinajstić information content (AvgIpc) is 3.01. The van der Waals surface area contributed by atoms with Crippen LogP contribution >= 0.6 is 0 Å². The molecule has 0 amide bonds. The Balaban J connectivity index is 1.54. The molecule has 1 atom stereocenters. The molecule has 0 radical (unpaired) electrons. The van der Waals surface area contributed by atoms with Crippen LogP contribution in [-0.2, 0) is 6.54 Å². The summed E-state index contributed by atoms with van der Waals surface area (Å²) >= 11 is 0. The highest BCUT2D eigenvalue weighted by atomic mass is 16.3. The van der Waals surface area contributed by atoms with Gasteiger partial charge in [0.15, 0.2) is 0 Å². The Hall–Kier alpha value is -2.33. The monoisotopic (exact) mass is 307 g/mol. The number of phenols is 1. The van der Waals surface area contributed by atoms with Gasteiger partial charge in [-0.15, -0.1) is 0 Å². The summed E-state index contributed by atoms with van der Waals surface area (Å²) in [6.45, 7) is 2.92. The van der Waals surface area contributed by atoms with Gasteiger partial charge in [-0.3, -0.25) is 4.90 Å². The quantitative estimate of drug-likeness (QED) is 0.776. The second-order valence-electron chi connectivity index (χ2n) is 6.35. The number of hydrogen-bond acceptors (Lipinski definition) is 3. The van der Waals surface area contributed by atoms with E-state index in [1.807, 2.05) is 30.5 Å². The third-order valence-electron chi connectivity index (χ3n) is 4.81. The Morgan fingerprint density at radius 1 is 1.22 bits per heavy atom. The number of aromatic hydroxyl groups is 1. The molecule has 2 N–H and O–H groups in total. The van der Waals surface area contributed by atoms with Crippen molar-refractivity contribution in [2.24, 2.45) is 0 Å². The van der Waals surface area contributed by atoms with Crippen LogP contribution in [-0.4, -0.2) is 33.1 Å². The predicted molar refractivity (Wildman–Crippen MR) is 91.5 cm³/mol. The lowest BCUT2D eigenvalue weighted by Crippen LogP contribution is -2.33. The number of rotatable bonds is 3. The SMILES string of the molecule is Oc1ccccc1CN1CCCC(c2c[nH]c3ncccc23)C1. The molecule has 1 aliphatic rings. The zero-order valence-electron chi connectivity index (χ0n) is 13.1. The maximum absolute atomic E-state index is 9.99. The average molecular weight is 307 g/mol. The van der Waals surface area contributed by atoms with Crippen LogP contribution in [0.1, 0.15) is 29.9 Å². The van der Waals surface area contributed by atoms with E-state index in [4.69, 9.17) is 0 Å². The molecule has 0 spiro atoms. The van der Waals surface area contributed by atoms with Crippen molar-refractivity contribution >= 4 is 11.0 Å². The first-order valence-corrected chi connectivity index (χ1v) is 8.22. The topological polar surface area (TPSA) is 52.1 Å². The lowest BCUT2D eigenvalue weighted by molar-refractivity contribution is 0.199. The van der Waals surface area contributed by atoms with Gasteiger partial charge in [-0.05, 0) is 49.1 Å². The molecule has 3 aromatic rings. The van der Waals surface area contributed by atoms with Crippen molar-refractivity contribution in [1.82, 2.24) is 14.9 Å². The highest BCUT2D eigenvalue weighted by Crippen LogP contribution is 2.32. The summed E-state index contributed by atoms with van der Waals surface area (Å²) in [6.07, 6.45) is 6.34. The number of piperidine rings is 1. The van der Waals surface area contributed by atoms with Crippen LogP contribution in [0, 0.1) is 0 Å². The molecular formula is C19H21N3O. The zero-order chi connectivity index (χ0) is 15.6. The van der Waals surface area contributed by atoms with Crippen LogP contribution in [0.2, 0.25) is 0 Å². The molecular weight excluding hydrogens is 286 g/mol. The summed E-state index contributed by atoms with van der Waals surface area (Å²) in [4.78, 5) is 10.1. The molecule has 1 fully saturated rings. The number of fused-ring (bicyclic) bond motifs is 1. The second-order valence-corrected chi connectivity index (χ2v) is 6.35. The minimum absolute atomic E-state index is 0.394. The zero-order valence-corrected chi connectivity index (χ0v) is 13.1. The minimum Gasteiger partial charge on any atom is -0.508 e. The van der Waals surface area contributed by atoms with Crippen molar-refractivity contribution in [3.05, 3.63) is 59.9 Å². The number of nitrogens with one attached hydrogen (secondary N) is 1. The van der Waals surface area contributed by atoms with E-state index in [0.717, 1.165) is 30.8 Å². The number of aromatic amines is 1.